The number of carbonyl (C=O) groups is 2. The molecule has 4 rings (SSSR count). The number of nitrogens with zero attached hydrogens (tertiary/aromatic N) is 1. The summed E-state index contributed by atoms with van der Waals surface area (Å²) in [6.07, 6.45) is 1.06. The van der Waals surface area contributed by atoms with E-state index in [2.05, 4.69) is 15.3 Å². The van der Waals surface area contributed by atoms with Crippen molar-refractivity contribution in [1.82, 2.24) is 19.9 Å². The number of aromatic amines is 2. The van der Waals surface area contributed by atoms with Gasteiger partial charge in [-0.1, -0.05) is 11.6 Å². The molecule has 0 unspecified atom stereocenters. The molecule has 41 heavy (non-hydrogen) atoms. The van der Waals surface area contributed by atoms with Crippen molar-refractivity contribution in [3.63, 3.8) is 0 Å². The minimum atomic E-state index is -1.35. The molecular formula is C28H27ClF2N4O6. The van der Waals surface area contributed by atoms with Crippen LogP contribution in [0, 0.1) is 11.6 Å². The van der Waals surface area contributed by atoms with Gasteiger partial charge in [0, 0.05) is 41.8 Å². The number of pyridine rings is 1. The van der Waals surface area contributed by atoms with Crippen molar-refractivity contribution in [2.75, 3.05) is 13.6 Å². The number of imidazole rings is 1. The second-order valence-electron chi connectivity index (χ2n) is 10.1. The number of benzene rings is 2. The van der Waals surface area contributed by atoms with E-state index in [1.807, 2.05) is 0 Å². The molecule has 0 atom stereocenters. The molecule has 0 saturated carbocycles. The first-order chi connectivity index (χ1) is 19.3. The number of hydrogen-bond acceptors (Lipinski definition) is 7. The van der Waals surface area contributed by atoms with E-state index < -0.39 is 40.2 Å². The Labute approximate surface area is 236 Å². The van der Waals surface area contributed by atoms with E-state index in [1.165, 1.54) is 38.2 Å². The lowest BCUT2D eigenvalue weighted by atomic mass is 9.94. The van der Waals surface area contributed by atoms with E-state index in [0.717, 1.165) is 10.6 Å². The van der Waals surface area contributed by atoms with Crippen molar-refractivity contribution in [1.29, 1.82) is 0 Å². The van der Waals surface area contributed by atoms with E-state index in [-0.39, 0.29) is 58.9 Å². The Balaban J connectivity index is 1.82. The van der Waals surface area contributed by atoms with Gasteiger partial charge in [-0.2, -0.15) is 0 Å². The van der Waals surface area contributed by atoms with Gasteiger partial charge in [0.2, 0.25) is 5.91 Å². The maximum absolute atomic E-state index is 14.2. The number of ether oxygens (including phenoxy) is 1. The van der Waals surface area contributed by atoms with Crippen LogP contribution in [0.25, 0.3) is 11.0 Å². The molecule has 13 heteroatoms. The molecule has 10 nitrogen and oxygen atoms in total. The fraction of sp³-hybridized carbons (Fsp3) is 0.286. The van der Waals surface area contributed by atoms with Gasteiger partial charge in [-0.05, 0) is 50.7 Å². The lowest BCUT2D eigenvalue weighted by Crippen LogP contribution is -2.31. The number of aliphatic hydroxyl groups is 1. The Hall–Kier alpha value is -4.13. The summed E-state index contributed by atoms with van der Waals surface area (Å²) in [6.45, 7) is 2.41. The maximum Gasteiger partial charge on any atom is 0.333 e. The van der Waals surface area contributed by atoms with Crippen molar-refractivity contribution in [3.05, 3.63) is 96.3 Å². The van der Waals surface area contributed by atoms with Crippen LogP contribution < -0.4 is 21.3 Å². The lowest BCUT2D eigenvalue weighted by molar-refractivity contribution is 0.0588. The molecule has 2 aromatic heterocycles. The highest BCUT2D eigenvalue weighted by atomic mass is 35.5. The zero-order valence-corrected chi connectivity index (χ0v) is 23.1. The van der Waals surface area contributed by atoms with Gasteiger partial charge in [-0.25, -0.2) is 18.1 Å². The van der Waals surface area contributed by atoms with Gasteiger partial charge in [0.25, 0.3) is 5.56 Å². The van der Waals surface area contributed by atoms with Crippen molar-refractivity contribution in [2.45, 2.75) is 38.9 Å². The van der Waals surface area contributed by atoms with Crippen molar-refractivity contribution in [2.24, 2.45) is 0 Å². The standard InChI is InChI=1S/C28H27ClF2N4O6/c1-28(2,40)10-21(36)18-7-14(8-20-24(18)34-27(39)35(20)22(37)12-32-3)6-16-11-33-26(38)23(29)25(16)41-13-15-4-5-17(30)9-19(15)31/h4-5,7-9,11,32,40H,6,10,12-13H2,1-3H3,(H,33,38)(H,34,39). The Kier molecular flexibility index (Phi) is 8.57. The molecule has 4 aromatic rings. The molecule has 2 heterocycles. The Bertz CT molecular complexity index is 1770. The van der Waals surface area contributed by atoms with Crippen LogP contribution in [0.2, 0.25) is 5.02 Å². The highest BCUT2D eigenvalue weighted by Gasteiger charge is 2.25. The molecule has 216 valence electrons. The summed E-state index contributed by atoms with van der Waals surface area (Å²) >= 11 is 6.24. The van der Waals surface area contributed by atoms with Crippen LogP contribution in [0.5, 0.6) is 5.75 Å². The number of nitrogens with one attached hydrogen (secondary N) is 3. The molecule has 4 N–H and O–H groups in total. The first-order valence-corrected chi connectivity index (χ1v) is 12.8. The fourth-order valence-corrected chi connectivity index (χ4v) is 4.61. The number of halogens is 3. The summed E-state index contributed by atoms with van der Waals surface area (Å²) in [5.74, 6) is -2.73. The Morgan fingerprint density at radius 1 is 1.15 bits per heavy atom. The summed E-state index contributed by atoms with van der Waals surface area (Å²) in [5, 5.41) is 12.6. The molecule has 0 amide bonds. The number of H-pyrrole nitrogens is 2. The van der Waals surface area contributed by atoms with Gasteiger partial charge in [0.15, 0.2) is 5.78 Å². The summed E-state index contributed by atoms with van der Waals surface area (Å²) < 4.78 is 34.1. The van der Waals surface area contributed by atoms with Crippen molar-refractivity contribution < 1.29 is 28.2 Å². The summed E-state index contributed by atoms with van der Waals surface area (Å²) in [4.78, 5) is 56.1. The number of hydrogen-bond donors (Lipinski definition) is 4. The zero-order valence-electron chi connectivity index (χ0n) is 22.4. The highest BCUT2D eigenvalue weighted by Crippen LogP contribution is 2.30. The summed E-state index contributed by atoms with van der Waals surface area (Å²) in [6, 6.07) is 6.00. The number of Topliss-reactive ketones (excluding diaryl/α,β-unsaturated/α-hetero) is 1. The monoisotopic (exact) mass is 588 g/mol. The minimum absolute atomic E-state index is 0.00391. The second-order valence-corrected chi connectivity index (χ2v) is 10.5. The number of rotatable bonds is 10. The minimum Gasteiger partial charge on any atom is -0.487 e. The number of carbonyl (C=O) groups excluding carboxylic acids is 2. The van der Waals surface area contributed by atoms with E-state index in [9.17, 15) is 33.1 Å². The fourth-order valence-electron chi connectivity index (χ4n) is 4.37. The average Bonchev–Trinajstić information content (AvgIpc) is 3.21. The SMILES string of the molecule is CNCC(=O)n1c(=O)[nH]c2c(C(=O)CC(C)(C)O)cc(Cc3c[nH]c(=O)c(Cl)c3OCc3ccc(F)cc3F)cc21. The first kappa shape index (κ1) is 29.8. The molecule has 0 bridgehead atoms. The molecule has 0 aliphatic heterocycles. The smallest absolute Gasteiger partial charge is 0.333 e. The van der Waals surface area contributed by atoms with Gasteiger partial charge in [-0.3, -0.25) is 14.4 Å². The van der Waals surface area contributed by atoms with Gasteiger partial charge in [-0.15, -0.1) is 0 Å². The molecule has 0 fully saturated rings. The normalized spacial score (nSPS) is 11.7. The lowest BCUT2D eigenvalue weighted by Gasteiger charge is -2.17. The quantitative estimate of drug-likeness (QED) is 0.208. The van der Waals surface area contributed by atoms with Gasteiger partial charge >= 0.3 is 5.69 Å². The Morgan fingerprint density at radius 2 is 1.88 bits per heavy atom. The molecule has 0 spiro atoms. The highest BCUT2D eigenvalue weighted by molar-refractivity contribution is 6.32. The maximum atomic E-state index is 14.2. The largest absolute Gasteiger partial charge is 0.487 e. The van der Waals surface area contributed by atoms with Crippen LogP contribution in [-0.4, -0.2) is 50.5 Å². The number of ketones is 1. The first-order valence-electron chi connectivity index (χ1n) is 12.5. The summed E-state index contributed by atoms with van der Waals surface area (Å²) in [7, 11) is 1.54. The summed E-state index contributed by atoms with van der Waals surface area (Å²) in [5.41, 5.74) is -1.64. The van der Waals surface area contributed by atoms with Gasteiger partial charge in [0.1, 0.15) is 29.0 Å². The number of likely N-dealkylation sites (N-methyl/N-ethyl adjacent to an activating group) is 1. The molecule has 2 aromatic carbocycles. The van der Waals surface area contributed by atoms with Crippen LogP contribution in [0.1, 0.15) is 52.1 Å². The van der Waals surface area contributed by atoms with E-state index in [0.29, 0.717) is 17.2 Å². The Morgan fingerprint density at radius 3 is 2.54 bits per heavy atom. The molecule has 0 saturated heterocycles. The zero-order chi connectivity index (χ0) is 30.1. The third kappa shape index (κ3) is 6.62. The molecule has 0 radical (unpaired) electrons. The van der Waals surface area contributed by atoms with Crippen molar-refractivity contribution in [3.8, 4) is 5.75 Å². The van der Waals surface area contributed by atoms with Gasteiger partial charge < -0.3 is 25.1 Å². The predicted octanol–water partition coefficient (Wildman–Crippen LogP) is 3.32. The van der Waals surface area contributed by atoms with Crippen molar-refractivity contribution >= 4 is 34.3 Å². The number of fused-ring (bicyclic) bond motifs is 1. The van der Waals surface area contributed by atoms with Crippen LogP contribution in [0.15, 0.2) is 46.1 Å². The number of aromatic nitrogens is 3. The van der Waals surface area contributed by atoms with Crippen LogP contribution in [0.4, 0.5) is 8.78 Å². The van der Waals surface area contributed by atoms with Gasteiger partial charge in [0.05, 0.1) is 23.2 Å². The molecular weight excluding hydrogens is 562 g/mol. The van der Waals surface area contributed by atoms with E-state index in [1.54, 1.807) is 7.05 Å². The molecule has 0 aliphatic rings. The van der Waals surface area contributed by atoms with Crippen LogP contribution in [0.3, 0.4) is 0 Å². The average molecular weight is 589 g/mol. The third-order valence-corrected chi connectivity index (χ3v) is 6.52. The molecule has 0 aliphatic carbocycles. The predicted molar refractivity (Wildman–Crippen MR) is 148 cm³/mol. The topological polar surface area (TPSA) is 146 Å². The second kappa shape index (κ2) is 11.8. The van der Waals surface area contributed by atoms with Crippen LogP contribution >= 0.6 is 11.6 Å². The van der Waals surface area contributed by atoms with Crippen LogP contribution in [-0.2, 0) is 13.0 Å². The van der Waals surface area contributed by atoms with E-state index >= 15 is 0 Å². The third-order valence-electron chi connectivity index (χ3n) is 6.17. The van der Waals surface area contributed by atoms with E-state index in [4.69, 9.17) is 16.3 Å².